The van der Waals surface area contributed by atoms with E-state index in [1.54, 1.807) is 41.5 Å². The Hall–Kier alpha value is -3.44. The van der Waals surface area contributed by atoms with Gasteiger partial charge in [-0.25, -0.2) is 9.66 Å². The Labute approximate surface area is 160 Å². The van der Waals surface area contributed by atoms with Gasteiger partial charge in [0, 0.05) is 5.69 Å². The lowest BCUT2D eigenvalue weighted by Crippen LogP contribution is -2.12. The number of fused-ring (bicyclic) bond motifs is 1. The highest BCUT2D eigenvalue weighted by atomic mass is 35.5. The van der Waals surface area contributed by atoms with Crippen molar-refractivity contribution in [1.29, 1.82) is 0 Å². The smallest absolute Gasteiger partial charge is 0.257 e. The standard InChI is InChI=1S/C21H15ClN4O/c22-18-9-2-1-8-17(18)21(27)25-16-7-5-6-15(12-16)13-24-26-14-23-19-10-3-4-11-20(19)26/h1-14H,(H,25,27)/b24-13-. The van der Waals surface area contributed by atoms with Crippen LogP contribution in [0, 0.1) is 0 Å². The molecule has 3 aromatic carbocycles. The fourth-order valence-electron chi connectivity index (χ4n) is 2.71. The predicted molar refractivity (Wildman–Crippen MR) is 109 cm³/mol. The van der Waals surface area contributed by atoms with Crippen LogP contribution in [0.15, 0.2) is 84.2 Å². The molecule has 6 heteroatoms. The van der Waals surface area contributed by atoms with Gasteiger partial charge in [-0.3, -0.25) is 4.79 Å². The second-order valence-electron chi connectivity index (χ2n) is 5.88. The Kier molecular flexibility index (Phi) is 4.68. The van der Waals surface area contributed by atoms with Crippen LogP contribution >= 0.6 is 11.6 Å². The van der Waals surface area contributed by atoms with Crippen LogP contribution in [0.4, 0.5) is 5.69 Å². The summed E-state index contributed by atoms with van der Waals surface area (Å²) in [5.74, 6) is -0.254. The number of amides is 1. The van der Waals surface area contributed by atoms with Crippen molar-refractivity contribution in [3.8, 4) is 0 Å². The highest BCUT2D eigenvalue weighted by molar-refractivity contribution is 6.34. The van der Waals surface area contributed by atoms with Crippen molar-refractivity contribution >= 4 is 40.4 Å². The lowest BCUT2D eigenvalue weighted by Gasteiger charge is -2.07. The number of carbonyl (C=O) groups is 1. The number of para-hydroxylation sites is 2. The number of aromatic nitrogens is 2. The third-order valence-corrected chi connectivity index (χ3v) is 4.36. The minimum absolute atomic E-state index is 0.254. The lowest BCUT2D eigenvalue weighted by molar-refractivity contribution is 0.102. The zero-order valence-corrected chi connectivity index (χ0v) is 15.0. The molecule has 5 nitrogen and oxygen atoms in total. The van der Waals surface area contributed by atoms with Crippen LogP contribution in [0.5, 0.6) is 0 Å². The van der Waals surface area contributed by atoms with Crippen molar-refractivity contribution in [2.45, 2.75) is 0 Å². The van der Waals surface area contributed by atoms with Crippen LogP contribution in [0.3, 0.4) is 0 Å². The average molecular weight is 375 g/mol. The first-order valence-corrected chi connectivity index (χ1v) is 8.71. The summed E-state index contributed by atoms with van der Waals surface area (Å²) >= 11 is 6.08. The molecule has 0 fully saturated rings. The zero-order chi connectivity index (χ0) is 18.6. The highest BCUT2D eigenvalue weighted by Crippen LogP contribution is 2.18. The molecule has 0 atom stereocenters. The molecule has 1 amide bonds. The number of imidazole rings is 1. The Bertz CT molecular complexity index is 1150. The summed E-state index contributed by atoms with van der Waals surface area (Å²) in [6.07, 6.45) is 3.39. The van der Waals surface area contributed by atoms with E-state index < -0.39 is 0 Å². The van der Waals surface area contributed by atoms with Crippen LogP contribution in [-0.4, -0.2) is 21.8 Å². The number of hydrogen-bond donors (Lipinski definition) is 1. The number of benzene rings is 3. The summed E-state index contributed by atoms with van der Waals surface area (Å²) in [4.78, 5) is 16.7. The van der Waals surface area contributed by atoms with Crippen molar-refractivity contribution in [3.05, 3.63) is 95.3 Å². The number of anilines is 1. The van der Waals surface area contributed by atoms with E-state index in [0.717, 1.165) is 16.6 Å². The van der Waals surface area contributed by atoms with Gasteiger partial charge in [0.15, 0.2) is 0 Å². The van der Waals surface area contributed by atoms with Crippen molar-refractivity contribution in [1.82, 2.24) is 9.66 Å². The van der Waals surface area contributed by atoms with Crippen LogP contribution in [0.25, 0.3) is 11.0 Å². The van der Waals surface area contributed by atoms with Crippen LogP contribution in [0.1, 0.15) is 15.9 Å². The quantitative estimate of drug-likeness (QED) is 0.520. The van der Waals surface area contributed by atoms with Gasteiger partial charge in [-0.15, -0.1) is 0 Å². The van der Waals surface area contributed by atoms with E-state index in [0.29, 0.717) is 16.3 Å². The van der Waals surface area contributed by atoms with E-state index in [2.05, 4.69) is 15.4 Å². The molecule has 132 valence electrons. The van der Waals surface area contributed by atoms with E-state index in [9.17, 15) is 4.79 Å². The number of nitrogens with one attached hydrogen (secondary N) is 1. The van der Waals surface area contributed by atoms with E-state index in [1.165, 1.54) is 0 Å². The van der Waals surface area contributed by atoms with E-state index in [4.69, 9.17) is 11.6 Å². The predicted octanol–water partition coefficient (Wildman–Crippen LogP) is 4.82. The van der Waals surface area contributed by atoms with E-state index in [1.807, 2.05) is 48.5 Å². The lowest BCUT2D eigenvalue weighted by atomic mass is 10.2. The van der Waals surface area contributed by atoms with Crippen LogP contribution in [-0.2, 0) is 0 Å². The van der Waals surface area contributed by atoms with Crippen molar-refractivity contribution in [2.75, 3.05) is 5.32 Å². The summed E-state index contributed by atoms with van der Waals surface area (Å²) in [7, 11) is 0. The molecular weight excluding hydrogens is 360 g/mol. The average Bonchev–Trinajstić information content (AvgIpc) is 3.10. The van der Waals surface area contributed by atoms with Gasteiger partial charge in [-0.1, -0.05) is 48.0 Å². The topological polar surface area (TPSA) is 59.3 Å². The SMILES string of the molecule is O=C(Nc1cccc(/C=N\n2cnc3ccccc32)c1)c1ccccc1Cl. The molecule has 0 bridgehead atoms. The van der Waals surface area contributed by atoms with Crippen LogP contribution in [0.2, 0.25) is 5.02 Å². The number of rotatable bonds is 4. The minimum atomic E-state index is -0.254. The van der Waals surface area contributed by atoms with Gasteiger partial charge in [0.2, 0.25) is 0 Å². The number of carbonyl (C=O) groups excluding carboxylic acids is 1. The monoisotopic (exact) mass is 374 g/mol. The molecule has 1 heterocycles. The normalized spacial score (nSPS) is 11.1. The summed E-state index contributed by atoms with van der Waals surface area (Å²) in [5, 5.41) is 7.73. The molecule has 4 rings (SSSR count). The Morgan fingerprint density at radius 3 is 2.74 bits per heavy atom. The molecule has 0 spiro atoms. The molecule has 0 aliphatic rings. The van der Waals surface area contributed by atoms with Crippen molar-refractivity contribution in [3.63, 3.8) is 0 Å². The molecule has 0 aliphatic carbocycles. The molecule has 0 radical (unpaired) electrons. The second kappa shape index (κ2) is 7.43. The van der Waals surface area contributed by atoms with Gasteiger partial charge >= 0.3 is 0 Å². The Morgan fingerprint density at radius 2 is 1.85 bits per heavy atom. The molecule has 4 aromatic rings. The maximum absolute atomic E-state index is 12.4. The molecular formula is C21H15ClN4O. The first-order valence-electron chi connectivity index (χ1n) is 8.33. The van der Waals surface area contributed by atoms with E-state index in [-0.39, 0.29) is 5.91 Å². The first-order chi connectivity index (χ1) is 13.2. The zero-order valence-electron chi connectivity index (χ0n) is 14.2. The molecule has 1 aromatic heterocycles. The number of nitrogens with zero attached hydrogens (tertiary/aromatic N) is 3. The van der Waals surface area contributed by atoms with Gasteiger partial charge in [0.05, 0.1) is 27.8 Å². The summed E-state index contributed by atoms with van der Waals surface area (Å²) in [6, 6.07) is 22.2. The molecule has 27 heavy (non-hydrogen) atoms. The largest absolute Gasteiger partial charge is 0.322 e. The van der Waals surface area contributed by atoms with Crippen LogP contribution < -0.4 is 5.32 Å². The third-order valence-electron chi connectivity index (χ3n) is 4.03. The second-order valence-corrected chi connectivity index (χ2v) is 6.29. The summed E-state index contributed by atoms with van der Waals surface area (Å²) in [5.41, 5.74) is 3.76. The number of halogens is 1. The maximum Gasteiger partial charge on any atom is 0.257 e. The molecule has 0 saturated heterocycles. The van der Waals surface area contributed by atoms with Gasteiger partial charge in [-0.2, -0.15) is 5.10 Å². The molecule has 1 N–H and O–H groups in total. The van der Waals surface area contributed by atoms with Crippen molar-refractivity contribution in [2.24, 2.45) is 5.10 Å². The molecule has 0 aliphatic heterocycles. The van der Waals surface area contributed by atoms with Crippen molar-refractivity contribution < 1.29 is 4.79 Å². The number of hydrogen-bond acceptors (Lipinski definition) is 3. The van der Waals surface area contributed by atoms with Gasteiger partial charge in [0.1, 0.15) is 6.33 Å². The van der Waals surface area contributed by atoms with Gasteiger partial charge in [-0.05, 0) is 42.0 Å². The Morgan fingerprint density at radius 1 is 1.04 bits per heavy atom. The summed E-state index contributed by atoms with van der Waals surface area (Å²) in [6.45, 7) is 0. The fourth-order valence-corrected chi connectivity index (χ4v) is 2.93. The van der Waals surface area contributed by atoms with Gasteiger partial charge < -0.3 is 5.32 Å². The fraction of sp³-hybridized carbons (Fsp3) is 0. The third kappa shape index (κ3) is 3.73. The highest BCUT2D eigenvalue weighted by Gasteiger charge is 2.09. The Balaban J connectivity index is 1.54. The minimum Gasteiger partial charge on any atom is -0.322 e. The molecule has 0 saturated carbocycles. The maximum atomic E-state index is 12.4. The first kappa shape index (κ1) is 17.0. The van der Waals surface area contributed by atoms with E-state index >= 15 is 0 Å². The van der Waals surface area contributed by atoms with Gasteiger partial charge in [0.25, 0.3) is 5.91 Å². The molecule has 0 unspecified atom stereocenters. The summed E-state index contributed by atoms with van der Waals surface area (Å²) < 4.78 is 1.71.